The first kappa shape index (κ1) is 19.1. The van der Waals surface area contributed by atoms with E-state index >= 15 is 0 Å². The van der Waals surface area contributed by atoms with Gasteiger partial charge in [0.05, 0.1) is 0 Å². The van der Waals surface area contributed by atoms with Crippen LogP contribution in [0.15, 0.2) is 0 Å². The standard InChI is InChI=1S/C13H29O5P/c1-3-4-5-6-7-8-9-10-11-12-17-13(2)18-19(14,15)16/h13H,3-12H2,1-2H3,(H2,14,15,16). The van der Waals surface area contributed by atoms with E-state index < -0.39 is 14.1 Å². The van der Waals surface area contributed by atoms with Gasteiger partial charge in [0.2, 0.25) is 0 Å². The summed E-state index contributed by atoms with van der Waals surface area (Å²) in [5.41, 5.74) is 0. The normalized spacial score (nSPS) is 13.7. The molecule has 0 saturated heterocycles. The van der Waals surface area contributed by atoms with Crippen LogP contribution >= 0.6 is 7.82 Å². The first-order valence-corrected chi connectivity index (χ1v) is 8.84. The molecule has 0 bridgehead atoms. The second-order valence-corrected chi connectivity index (χ2v) is 6.05. The third kappa shape index (κ3) is 16.0. The SMILES string of the molecule is CCCCCCCCCCCOC(C)OP(=O)(O)O. The van der Waals surface area contributed by atoms with Gasteiger partial charge in [-0.15, -0.1) is 0 Å². The molecule has 0 spiro atoms. The summed E-state index contributed by atoms with van der Waals surface area (Å²) in [5.74, 6) is 0. The summed E-state index contributed by atoms with van der Waals surface area (Å²) in [6.07, 6.45) is 10.2. The summed E-state index contributed by atoms with van der Waals surface area (Å²) >= 11 is 0. The quantitative estimate of drug-likeness (QED) is 0.305. The number of hydrogen-bond donors (Lipinski definition) is 2. The number of ether oxygens (including phenoxy) is 1. The molecule has 0 heterocycles. The fourth-order valence-electron chi connectivity index (χ4n) is 1.89. The van der Waals surface area contributed by atoms with Gasteiger partial charge < -0.3 is 14.5 Å². The highest BCUT2D eigenvalue weighted by Gasteiger charge is 2.18. The lowest BCUT2D eigenvalue weighted by Gasteiger charge is -2.14. The molecule has 0 aromatic heterocycles. The Kier molecular flexibility index (Phi) is 11.9. The number of phosphoric acid groups is 1. The van der Waals surface area contributed by atoms with Crippen LogP contribution in [0.2, 0.25) is 0 Å². The van der Waals surface area contributed by atoms with Crippen LogP contribution in [0.4, 0.5) is 0 Å². The minimum Gasteiger partial charge on any atom is -0.352 e. The predicted molar refractivity (Wildman–Crippen MR) is 75.8 cm³/mol. The van der Waals surface area contributed by atoms with Crippen LogP contribution in [0, 0.1) is 0 Å². The average Bonchev–Trinajstić information content (AvgIpc) is 2.29. The molecule has 116 valence electrons. The lowest BCUT2D eigenvalue weighted by atomic mass is 10.1. The van der Waals surface area contributed by atoms with Crippen LogP contribution in [0.5, 0.6) is 0 Å². The maximum absolute atomic E-state index is 10.5. The van der Waals surface area contributed by atoms with Crippen molar-refractivity contribution in [1.82, 2.24) is 0 Å². The van der Waals surface area contributed by atoms with Crippen molar-refractivity contribution in [3.8, 4) is 0 Å². The minimum absolute atomic E-state index is 0.483. The van der Waals surface area contributed by atoms with E-state index in [0.29, 0.717) is 6.61 Å². The molecule has 0 aromatic rings. The summed E-state index contributed by atoms with van der Waals surface area (Å²) in [6, 6.07) is 0. The molecule has 0 rings (SSSR count). The largest absolute Gasteiger partial charge is 0.471 e. The highest BCUT2D eigenvalue weighted by Crippen LogP contribution is 2.37. The monoisotopic (exact) mass is 296 g/mol. The molecule has 0 fully saturated rings. The Hall–Kier alpha value is 0.0700. The molecule has 2 N–H and O–H groups in total. The molecule has 19 heavy (non-hydrogen) atoms. The topological polar surface area (TPSA) is 76.0 Å². The van der Waals surface area contributed by atoms with Gasteiger partial charge in [0.25, 0.3) is 0 Å². The van der Waals surface area contributed by atoms with Crippen LogP contribution in [0.3, 0.4) is 0 Å². The van der Waals surface area contributed by atoms with E-state index in [2.05, 4.69) is 11.4 Å². The summed E-state index contributed by atoms with van der Waals surface area (Å²) < 4.78 is 20.0. The summed E-state index contributed by atoms with van der Waals surface area (Å²) in [4.78, 5) is 17.1. The van der Waals surface area contributed by atoms with E-state index in [4.69, 9.17) is 14.5 Å². The zero-order valence-electron chi connectivity index (χ0n) is 12.2. The molecule has 1 atom stereocenters. The van der Waals surface area contributed by atoms with Gasteiger partial charge in [-0.1, -0.05) is 58.3 Å². The highest BCUT2D eigenvalue weighted by molar-refractivity contribution is 7.46. The lowest BCUT2D eigenvalue weighted by Crippen LogP contribution is -2.12. The third-order valence-electron chi connectivity index (χ3n) is 2.89. The van der Waals surface area contributed by atoms with Crippen LogP contribution in [-0.2, 0) is 13.8 Å². The Bertz CT molecular complexity index is 241. The Morgan fingerprint density at radius 1 is 0.947 bits per heavy atom. The maximum atomic E-state index is 10.5. The number of phosphoric ester groups is 1. The molecule has 0 aliphatic heterocycles. The molecular weight excluding hydrogens is 267 g/mol. The van der Waals surface area contributed by atoms with E-state index in [1.165, 1.54) is 51.9 Å². The zero-order chi connectivity index (χ0) is 14.6. The fourth-order valence-corrected chi connectivity index (χ4v) is 2.33. The van der Waals surface area contributed by atoms with Gasteiger partial charge in [-0.2, -0.15) is 0 Å². The Balaban J connectivity index is 3.20. The molecule has 0 amide bonds. The van der Waals surface area contributed by atoms with Gasteiger partial charge in [0.15, 0.2) is 6.29 Å². The molecule has 0 radical (unpaired) electrons. The van der Waals surface area contributed by atoms with Crippen molar-refractivity contribution in [3.63, 3.8) is 0 Å². The Morgan fingerprint density at radius 3 is 1.89 bits per heavy atom. The molecule has 0 aromatic carbocycles. The van der Waals surface area contributed by atoms with Gasteiger partial charge in [-0.3, -0.25) is 4.52 Å². The first-order valence-electron chi connectivity index (χ1n) is 7.31. The lowest BCUT2D eigenvalue weighted by molar-refractivity contribution is -0.0802. The molecule has 0 aliphatic rings. The molecule has 0 saturated carbocycles. The number of rotatable bonds is 13. The fraction of sp³-hybridized carbons (Fsp3) is 1.00. The van der Waals surface area contributed by atoms with Crippen LogP contribution in [0.1, 0.15) is 71.6 Å². The molecule has 6 heteroatoms. The predicted octanol–water partition coefficient (Wildman–Crippen LogP) is 3.99. The average molecular weight is 296 g/mol. The minimum atomic E-state index is -4.43. The number of hydrogen-bond acceptors (Lipinski definition) is 3. The van der Waals surface area contributed by atoms with Crippen LogP contribution < -0.4 is 0 Å². The van der Waals surface area contributed by atoms with Crippen molar-refractivity contribution >= 4 is 7.82 Å². The molecule has 0 aliphatic carbocycles. The zero-order valence-corrected chi connectivity index (χ0v) is 13.1. The summed E-state index contributed by atoms with van der Waals surface area (Å²) in [5, 5.41) is 0. The van der Waals surface area contributed by atoms with Gasteiger partial charge in [-0.05, 0) is 13.3 Å². The smallest absolute Gasteiger partial charge is 0.352 e. The summed E-state index contributed by atoms with van der Waals surface area (Å²) in [7, 11) is -4.43. The molecular formula is C13H29O5P. The molecule has 5 nitrogen and oxygen atoms in total. The van der Waals surface area contributed by atoms with E-state index in [0.717, 1.165) is 12.8 Å². The van der Waals surface area contributed by atoms with Crippen molar-refractivity contribution in [3.05, 3.63) is 0 Å². The van der Waals surface area contributed by atoms with Crippen LogP contribution in [0.25, 0.3) is 0 Å². The first-order chi connectivity index (χ1) is 8.95. The second kappa shape index (κ2) is 11.9. The van der Waals surface area contributed by atoms with E-state index in [-0.39, 0.29) is 0 Å². The molecule has 1 unspecified atom stereocenters. The second-order valence-electron chi connectivity index (χ2n) is 4.86. The Morgan fingerprint density at radius 2 is 1.42 bits per heavy atom. The van der Waals surface area contributed by atoms with Crippen molar-refractivity contribution in [2.24, 2.45) is 0 Å². The summed E-state index contributed by atoms with van der Waals surface area (Å²) in [6.45, 7) is 4.20. The van der Waals surface area contributed by atoms with Gasteiger partial charge in [0, 0.05) is 6.61 Å². The Labute approximate surface area is 116 Å². The maximum Gasteiger partial charge on any atom is 0.471 e. The van der Waals surface area contributed by atoms with E-state index in [9.17, 15) is 4.57 Å². The van der Waals surface area contributed by atoms with E-state index in [1.54, 1.807) is 0 Å². The van der Waals surface area contributed by atoms with Gasteiger partial charge in [-0.25, -0.2) is 4.57 Å². The highest BCUT2D eigenvalue weighted by atomic mass is 31.2. The third-order valence-corrected chi connectivity index (χ3v) is 3.46. The van der Waals surface area contributed by atoms with E-state index in [1.807, 2.05) is 0 Å². The van der Waals surface area contributed by atoms with Crippen molar-refractivity contribution in [2.45, 2.75) is 77.9 Å². The van der Waals surface area contributed by atoms with Crippen molar-refractivity contribution in [1.29, 1.82) is 0 Å². The van der Waals surface area contributed by atoms with Gasteiger partial charge >= 0.3 is 7.82 Å². The van der Waals surface area contributed by atoms with Crippen molar-refractivity contribution in [2.75, 3.05) is 6.61 Å². The number of unbranched alkanes of at least 4 members (excludes halogenated alkanes) is 8. The van der Waals surface area contributed by atoms with Gasteiger partial charge in [0.1, 0.15) is 0 Å². The van der Waals surface area contributed by atoms with Crippen LogP contribution in [-0.4, -0.2) is 22.7 Å². The van der Waals surface area contributed by atoms with Crippen molar-refractivity contribution < 1.29 is 23.6 Å².